The monoisotopic (exact) mass is 259 g/mol. The second-order valence-electron chi connectivity index (χ2n) is 4.44. The standard InChI is InChI=1S/C11H18ClN3O2/c1-5-9-11(15(16)17)10(14(4)13-9)6-8(12)7(2)3/h7-8H,5-6H2,1-4H3. The first kappa shape index (κ1) is 14.0. The minimum atomic E-state index is -0.356. The SMILES string of the molecule is CCc1nn(C)c(CC(Cl)C(C)C)c1[N+](=O)[O-]. The highest BCUT2D eigenvalue weighted by Gasteiger charge is 2.27. The number of hydrogen-bond donors (Lipinski definition) is 0. The summed E-state index contributed by atoms with van der Waals surface area (Å²) in [4.78, 5) is 10.7. The first-order valence-corrected chi connectivity index (χ1v) is 6.15. The van der Waals surface area contributed by atoms with Gasteiger partial charge in [-0.15, -0.1) is 11.6 Å². The van der Waals surface area contributed by atoms with Gasteiger partial charge in [-0.3, -0.25) is 14.8 Å². The van der Waals surface area contributed by atoms with Gasteiger partial charge in [0, 0.05) is 18.8 Å². The Morgan fingerprint density at radius 3 is 2.53 bits per heavy atom. The van der Waals surface area contributed by atoms with Crippen LogP contribution in [0.25, 0.3) is 0 Å². The first-order chi connectivity index (χ1) is 7.88. The van der Waals surface area contributed by atoms with Gasteiger partial charge < -0.3 is 0 Å². The van der Waals surface area contributed by atoms with Gasteiger partial charge in [0.25, 0.3) is 0 Å². The largest absolute Gasteiger partial charge is 0.313 e. The maximum Gasteiger partial charge on any atom is 0.313 e. The van der Waals surface area contributed by atoms with Crippen LogP contribution in [0.15, 0.2) is 0 Å². The molecule has 0 spiro atoms. The Bertz CT molecular complexity index is 415. The molecule has 17 heavy (non-hydrogen) atoms. The van der Waals surface area contributed by atoms with Crippen molar-refractivity contribution in [2.75, 3.05) is 0 Å². The molecule has 1 rings (SSSR count). The van der Waals surface area contributed by atoms with Gasteiger partial charge in [-0.1, -0.05) is 20.8 Å². The van der Waals surface area contributed by atoms with E-state index in [1.807, 2.05) is 20.8 Å². The van der Waals surface area contributed by atoms with Crippen LogP contribution in [0.5, 0.6) is 0 Å². The molecule has 96 valence electrons. The van der Waals surface area contributed by atoms with Crippen LogP contribution in [-0.4, -0.2) is 20.1 Å². The molecular formula is C11H18ClN3O2. The van der Waals surface area contributed by atoms with Crippen molar-refractivity contribution in [2.24, 2.45) is 13.0 Å². The Morgan fingerprint density at radius 1 is 1.53 bits per heavy atom. The third-order valence-electron chi connectivity index (χ3n) is 2.84. The van der Waals surface area contributed by atoms with Crippen molar-refractivity contribution < 1.29 is 4.92 Å². The summed E-state index contributed by atoms with van der Waals surface area (Å²) in [6.07, 6.45) is 1.03. The maximum atomic E-state index is 11.1. The molecule has 0 aliphatic rings. The average molecular weight is 260 g/mol. The summed E-state index contributed by atoms with van der Waals surface area (Å²) in [6, 6.07) is 0. The van der Waals surface area contributed by atoms with Crippen molar-refractivity contribution >= 4 is 17.3 Å². The molecule has 0 bridgehead atoms. The van der Waals surface area contributed by atoms with Gasteiger partial charge >= 0.3 is 5.69 Å². The highest BCUT2D eigenvalue weighted by atomic mass is 35.5. The zero-order valence-electron chi connectivity index (χ0n) is 10.6. The van der Waals surface area contributed by atoms with Crippen LogP contribution in [-0.2, 0) is 19.9 Å². The lowest BCUT2D eigenvalue weighted by molar-refractivity contribution is -0.386. The van der Waals surface area contributed by atoms with Gasteiger partial charge in [-0.25, -0.2) is 0 Å². The summed E-state index contributed by atoms with van der Waals surface area (Å²) in [6.45, 7) is 5.86. The minimum Gasteiger partial charge on any atom is -0.265 e. The van der Waals surface area contributed by atoms with E-state index in [2.05, 4.69) is 5.10 Å². The molecule has 1 heterocycles. The van der Waals surface area contributed by atoms with Gasteiger partial charge in [0.05, 0.1) is 4.92 Å². The maximum absolute atomic E-state index is 11.1. The lowest BCUT2D eigenvalue weighted by atomic mass is 10.0. The summed E-state index contributed by atoms with van der Waals surface area (Å²) in [5, 5.41) is 15.1. The normalized spacial score (nSPS) is 13.1. The fourth-order valence-electron chi connectivity index (χ4n) is 1.71. The lowest BCUT2D eigenvalue weighted by Gasteiger charge is -2.12. The van der Waals surface area contributed by atoms with Crippen molar-refractivity contribution in [1.82, 2.24) is 9.78 Å². The summed E-state index contributed by atoms with van der Waals surface area (Å²) in [7, 11) is 1.73. The zero-order valence-corrected chi connectivity index (χ0v) is 11.4. The van der Waals surface area contributed by atoms with Gasteiger partial charge in [0.1, 0.15) is 11.4 Å². The van der Waals surface area contributed by atoms with Crippen LogP contribution in [0.4, 0.5) is 5.69 Å². The molecule has 0 amide bonds. The predicted octanol–water partition coefficient (Wildman–Crippen LogP) is 2.70. The molecule has 0 aliphatic heterocycles. The van der Waals surface area contributed by atoms with Gasteiger partial charge in [0.15, 0.2) is 0 Å². The molecular weight excluding hydrogens is 242 g/mol. The second-order valence-corrected chi connectivity index (χ2v) is 5.00. The number of aryl methyl sites for hydroxylation is 2. The van der Waals surface area contributed by atoms with Gasteiger partial charge in [-0.05, 0) is 12.3 Å². The highest BCUT2D eigenvalue weighted by molar-refractivity contribution is 6.20. The minimum absolute atomic E-state index is 0.117. The Hall–Kier alpha value is -1.10. The van der Waals surface area contributed by atoms with E-state index in [4.69, 9.17) is 11.6 Å². The Kier molecular flexibility index (Phi) is 4.51. The molecule has 6 heteroatoms. The molecule has 0 radical (unpaired) electrons. The summed E-state index contributed by atoms with van der Waals surface area (Å²) >= 11 is 6.19. The summed E-state index contributed by atoms with van der Waals surface area (Å²) in [5.41, 5.74) is 1.27. The van der Waals surface area contributed by atoms with Crippen LogP contribution in [0.1, 0.15) is 32.2 Å². The molecule has 0 aliphatic carbocycles. The molecule has 0 saturated heterocycles. The van der Waals surface area contributed by atoms with Crippen molar-refractivity contribution in [1.29, 1.82) is 0 Å². The third kappa shape index (κ3) is 2.97. The fraction of sp³-hybridized carbons (Fsp3) is 0.727. The van der Waals surface area contributed by atoms with E-state index in [0.717, 1.165) is 0 Å². The summed E-state index contributed by atoms with van der Waals surface area (Å²) < 4.78 is 1.58. The number of rotatable bonds is 5. The molecule has 0 saturated carbocycles. The Balaban J connectivity index is 3.13. The van der Waals surface area contributed by atoms with Crippen LogP contribution in [0, 0.1) is 16.0 Å². The van der Waals surface area contributed by atoms with Crippen LogP contribution in [0.3, 0.4) is 0 Å². The van der Waals surface area contributed by atoms with Gasteiger partial charge in [0.2, 0.25) is 0 Å². The van der Waals surface area contributed by atoms with E-state index < -0.39 is 0 Å². The first-order valence-electron chi connectivity index (χ1n) is 5.71. The average Bonchev–Trinajstić information content (AvgIpc) is 2.55. The van der Waals surface area contributed by atoms with E-state index in [1.54, 1.807) is 11.7 Å². The van der Waals surface area contributed by atoms with E-state index >= 15 is 0 Å². The zero-order chi connectivity index (χ0) is 13.2. The van der Waals surface area contributed by atoms with Crippen molar-refractivity contribution in [3.8, 4) is 0 Å². The van der Waals surface area contributed by atoms with E-state index in [0.29, 0.717) is 24.2 Å². The number of halogens is 1. The van der Waals surface area contributed by atoms with Crippen molar-refractivity contribution in [3.63, 3.8) is 0 Å². The van der Waals surface area contributed by atoms with Crippen LogP contribution in [0.2, 0.25) is 0 Å². The number of alkyl halides is 1. The number of hydrogen-bond acceptors (Lipinski definition) is 3. The third-order valence-corrected chi connectivity index (χ3v) is 3.50. The fourth-order valence-corrected chi connectivity index (χ4v) is 1.85. The van der Waals surface area contributed by atoms with E-state index in [-0.39, 0.29) is 21.9 Å². The van der Waals surface area contributed by atoms with Crippen LogP contribution >= 0.6 is 11.6 Å². The quantitative estimate of drug-likeness (QED) is 0.464. The second kappa shape index (κ2) is 5.49. The molecule has 1 aromatic heterocycles. The van der Waals surface area contributed by atoms with Gasteiger partial charge in [-0.2, -0.15) is 5.10 Å². The lowest BCUT2D eigenvalue weighted by Crippen LogP contribution is -2.14. The number of nitrogens with zero attached hydrogens (tertiary/aromatic N) is 3. The highest BCUT2D eigenvalue weighted by Crippen LogP contribution is 2.27. The number of nitro groups is 1. The molecule has 0 N–H and O–H groups in total. The molecule has 5 nitrogen and oxygen atoms in total. The molecule has 0 aromatic carbocycles. The molecule has 1 unspecified atom stereocenters. The predicted molar refractivity (Wildman–Crippen MR) is 67.4 cm³/mol. The molecule has 0 fully saturated rings. The topological polar surface area (TPSA) is 61.0 Å². The number of aromatic nitrogens is 2. The Morgan fingerprint density at radius 2 is 2.12 bits per heavy atom. The van der Waals surface area contributed by atoms with Crippen LogP contribution < -0.4 is 0 Å². The van der Waals surface area contributed by atoms with E-state index in [9.17, 15) is 10.1 Å². The molecule has 1 atom stereocenters. The van der Waals surface area contributed by atoms with Crippen molar-refractivity contribution in [3.05, 3.63) is 21.5 Å². The smallest absolute Gasteiger partial charge is 0.265 e. The molecule has 1 aromatic rings. The summed E-state index contributed by atoms with van der Waals surface area (Å²) in [5.74, 6) is 0.274. The van der Waals surface area contributed by atoms with E-state index in [1.165, 1.54) is 0 Å². The van der Waals surface area contributed by atoms with Crippen molar-refractivity contribution in [2.45, 2.75) is 39.0 Å². The Labute approximate surface area is 106 Å².